The van der Waals surface area contributed by atoms with Crippen molar-refractivity contribution in [1.82, 2.24) is 9.97 Å². The fraction of sp³-hybridized carbons (Fsp3) is 0.158. The van der Waals surface area contributed by atoms with Crippen LogP contribution in [0.1, 0.15) is 17.0 Å². The quantitative estimate of drug-likeness (QED) is 0.727. The predicted octanol–water partition coefficient (Wildman–Crippen LogP) is 3.73. The average Bonchev–Trinajstić information content (AvgIpc) is 2.56. The first kappa shape index (κ1) is 16.3. The molecule has 3 rings (SSSR count). The van der Waals surface area contributed by atoms with Crippen molar-refractivity contribution in [3.63, 3.8) is 0 Å². The van der Waals surface area contributed by atoms with Crippen LogP contribution >= 0.6 is 0 Å². The summed E-state index contributed by atoms with van der Waals surface area (Å²) < 4.78 is 24.9. The van der Waals surface area contributed by atoms with E-state index >= 15 is 0 Å². The largest absolute Gasteiger partial charge is 0.240 e. The van der Waals surface area contributed by atoms with E-state index in [1.807, 2.05) is 38.1 Å². The zero-order valence-electron chi connectivity index (χ0n) is 13.6. The van der Waals surface area contributed by atoms with Crippen LogP contribution < -0.4 is 0 Å². The Bertz CT molecular complexity index is 930. The maximum Gasteiger partial charge on any atom is 0.185 e. The molecule has 0 saturated heterocycles. The molecule has 1 heterocycles. The van der Waals surface area contributed by atoms with Gasteiger partial charge in [-0.3, -0.25) is 0 Å². The van der Waals surface area contributed by atoms with Crippen LogP contribution in [-0.4, -0.2) is 18.4 Å². The van der Waals surface area contributed by atoms with Crippen LogP contribution in [0.3, 0.4) is 0 Å². The number of aromatic nitrogens is 2. The Morgan fingerprint density at radius 2 is 1.25 bits per heavy atom. The van der Waals surface area contributed by atoms with Gasteiger partial charge in [0.2, 0.25) is 0 Å². The van der Waals surface area contributed by atoms with Crippen molar-refractivity contribution < 1.29 is 8.42 Å². The molecular weight excluding hydrogens is 320 g/mol. The lowest BCUT2D eigenvalue weighted by atomic mass is 10.1. The molecule has 4 nitrogen and oxygen atoms in total. The van der Waals surface area contributed by atoms with Gasteiger partial charge in [0.1, 0.15) is 11.6 Å². The van der Waals surface area contributed by atoms with Gasteiger partial charge in [-0.1, -0.05) is 47.5 Å². The van der Waals surface area contributed by atoms with Crippen molar-refractivity contribution in [3.8, 4) is 11.1 Å². The molecule has 3 aromatic rings. The zero-order chi connectivity index (χ0) is 17.2. The van der Waals surface area contributed by atoms with Gasteiger partial charge in [-0.05, 0) is 31.5 Å². The molecule has 0 spiro atoms. The number of benzene rings is 2. The summed E-state index contributed by atoms with van der Waals surface area (Å²) in [6.07, 6.45) is 3.33. The van der Waals surface area contributed by atoms with E-state index in [-0.39, 0.29) is 5.75 Å². The van der Waals surface area contributed by atoms with E-state index in [0.717, 1.165) is 16.7 Å². The highest BCUT2D eigenvalue weighted by atomic mass is 32.2. The third-order valence-electron chi connectivity index (χ3n) is 3.79. The van der Waals surface area contributed by atoms with Gasteiger partial charge >= 0.3 is 0 Å². The van der Waals surface area contributed by atoms with Crippen molar-refractivity contribution in [2.45, 2.75) is 24.5 Å². The summed E-state index contributed by atoms with van der Waals surface area (Å²) in [5.41, 5.74) is 4.08. The lowest BCUT2D eigenvalue weighted by molar-refractivity contribution is 0.593. The second kappa shape index (κ2) is 6.53. The summed E-state index contributed by atoms with van der Waals surface area (Å²) in [6.45, 7) is 3.95. The standard InChI is InChI=1S/C19H18N2O2S/c1-14-3-7-16(8-4-14)17-11-20-19(21-12-17)13-24(22,23)18-9-5-15(2)6-10-18/h3-12H,13H2,1-2H3. The van der Waals surface area contributed by atoms with Crippen molar-refractivity contribution in [1.29, 1.82) is 0 Å². The van der Waals surface area contributed by atoms with Crippen molar-refractivity contribution in [2.24, 2.45) is 0 Å². The molecule has 1 aromatic heterocycles. The highest BCUT2D eigenvalue weighted by Crippen LogP contribution is 2.19. The topological polar surface area (TPSA) is 59.9 Å². The molecule has 122 valence electrons. The van der Waals surface area contributed by atoms with Gasteiger partial charge in [-0.2, -0.15) is 0 Å². The first-order chi connectivity index (χ1) is 11.4. The minimum atomic E-state index is -3.44. The van der Waals surface area contributed by atoms with Crippen LogP contribution in [0.25, 0.3) is 11.1 Å². The molecule has 2 aromatic carbocycles. The SMILES string of the molecule is Cc1ccc(-c2cnc(CS(=O)(=O)c3ccc(C)cc3)nc2)cc1. The highest BCUT2D eigenvalue weighted by Gasteiger charge is 2.17. The van der Waals surface area contributed by atoms with Gasteiger partial charge in [0.25, 0.3) is 0 Å². The molecule has 5 heteroatoms. The Kier molecular flexibility index (Phi) is 4.44. The fourth-order valence-electron chi connectivity index (χ4n) is 2.32. The molecule has 0 saturated carbocycles. The maximum absolute atomic E-state index is 12.4. The Hall–Kier alpha value is -2.53. The maximum atomic E-state index is 12.4. The Morgan fingerprint density at radius 1 is 0.750 bits per heavy atom. The number of hydrogen-bond donors (Lipinski definition) is 0. The summed E-state index contributed by atoms with van der Waals surface area (Å²) in [5, 5.41) is 0. The number of hydrogen-bond acceptors (Lipinski definition) is 4. The molecule has 0 aliphatic rings. The summed E-state index contributed by atoms with van der Waals surface area (Å²) in [4.78, 5) is 8.72. The Balaban J connectivity index is 1.81. The lowest BCUT2D eigenvalue weighted by Gasteiger charge is -2.06. The fourth-order valence-corrected chi connectivity index (χ4v) is 3.53. The number of nitrogens with zero attached hydrogens (tertiary/aromatic N) is 2. The van der Waals surface area contributed by atoms with Crippen LogP contribution in [0.4, 0.5) is 0 Å². The lowest BCUT2D eigenvalue weighted by Crippen LogP contribution is -2.08. The van der Waals surface area contributed by atoms with Crippen molar-refractivity contribution >= 4 is 9.84 Å². The van der Waals surface area contributed by atoms with Gasteiger partial charge in [0.15, 0.2) is 9.84 Å². The van der Waals surface area contributed by atoms with E-state index in [2.05, 4.69) is 9.97 Å². The molecule has 24 heavy (non-hydrogen) atoms. The summed E-state index contributed by atoms with van der Waals surface area (Å²) in [7, 11) is -3.44. The summed E-state index contributed by atoms with van der Waals surface area (Å²) in [6, 6.07) is 14.8. The molecule has 0 N–H and O–H groups in total. The monoisotopic (exact) mass is 338 g/mol. The highest BCUT2D eigenvalue weighted by molar-refractivity contribution is 7.90. The number of aryl methyl sites for hydroxylation is 2. The molecule has 0 atom stereocenters. The van der Waals surface area contributed by atoms with E-state index in [4.69, 9.17) is 0 Å². The van der Waals surface area contributed by atoms with Gasteiger partial charge < -0.3 is 0 Å². The Morgan fingerprint density at radius 3 is 1.79 bits per heavy atom. The minimum absolute atomic E-state index is 0.204. The molecule has 0 radical (unpaired) electrons. The molecule has 0 aliphatic carbocycles. The molecule has 0 amide bonds. The summed E-state index contributed by atoms with van der Waals surface area (Å²) in [5.74, 6) is 0.0935. The minimum Gasteiger partial charge on any atom is -0.240 e. The number of sulfone groups is 1. The first-order valence-corrected chi connectivity index (χ1v) is 9.27. The predicted molar refractivity (Wildman–Crippen MR) is 94.3 cm³/mol. The van der Waals surface area contributed by atoms with E-state index in [9.17, 15) is 8.42 Å². The van der Waals surface area contributed by atoms with E-state index < -0.39 is 9.84 Å². The van der Waals surface area contributed by atoms with Crippen LogP contribution in [-0.2, 0) is 15.6 Å². The molecule has 0 fully saturated rings. The molecule has 0 aliphatic heterocycles. The first-order valence-electron chi connectivity index (χ1n) is 7.61. The number of rotatable bonds is 4. The van der Waals surface area contributed by atoms with Crippen molar-refractivity contribution in [2.75, 3.05) is 0 Å². The second-order valence-electron chi connectivity index (χ2n) is 5.83. The van der Waals surface area contributed by atoms with Crippen molar-refractivity contribution in [3.05, 3.63) is 77.9 Å². The second-order valence-corrected chi connectivity index (χ2v) is 7.82. The third-order valence-corrected chi connectivity index (χ3v) is 5.42. The van der Waals surface area contributed by atoms with Crippen LogP contribution in [0.5, 0.6) is 0 Å². The van der Waals surface area contributed by atoms with Crippen LogP contribution in [0.15, 0.2) is 65.8 Å². The smallest absolute Gasteiger partial charge is 0.185 e. The molecular formula is C19H18N2O2S. The molecule has 0 bridgehead atoms. The normalized spacial score (nSPS) is 11.4. The van der Waals surface area contributed by atoms with E-state index in [0.29, 0.717) is 10.7 Å². The van der Waals surface area contributed by atoms with Crippen LogP contribution in [0.2, 0.25) is 0 Å². The van der Waals surface area contributed by atoms with Gasteiger partial charge in [0, 0.05) is 18.0 Å². The molecule has 0 unspecified atom stereocenters. The van der Waals surface area contributed by atoms with Crippen LogP contribution in [0, 0.1) is 13.8 Å². The van der Waals surface area contributed by atoms with E-state index in [1.54, 1.807) is 36.7 Å². The van der Waals surface area contributed by atoms with Gasteiger partial charge in [0.05, 0.1) is 4.90 Å². The third kappa shape index (κ3) is 3.68. The average molecular weight is 338 g/mol. The summed E-state index contributed by atoms with van der Waals surface area (Å²) >= 11 is 0. The van der Waals surface area contributed by atoms with Gasteiger partial charge in [-0.15, -0.1) is 0 Å². The zero-order valence-corrected chi connectivity index (χ0v) is 14.4. The van der Waals surface area contributed by atoms with Gasteiger partial charge in [-0.25, -0.2) is 18.4 Å². The Labute approximate surface area is 142 Å². The van der Waals surface area contributed by atoms with E-state index in [1.165, 1.54) is 5.56 Å².